The van der Waals surface area contributed by atoms with E-state index in [2.05, 4.69) is 5.32 Å². The molecule has 0 saturated heterocycles. The number of rotatable bonds is 13. The zero-order valence-corrected chi connectivity index (χ0v) is 25.1. The Morgan fingerprint density at radius 2 is 1.65 bits per heavy atom. The fraction of sp³-hybridized carbons (Fsp3) is 0.333. The van der Waals surface area contributed by atoms with Crippen molar-refractivity contribution in [2.24, 2.45) is 0 Å². The van der Waals surface area contributed by atoms with Gasteiger partial charge in [-0.25, -0.2) is 12.8 Å². The van der Waals surface area contributed by atoms with Gasteiger partial charge >= 0.3 is 6.18 Å². The normalized spacial score (nSPS) is 12.4. The van der Waals surface area contributed by atoms with E-state index in [-0.39, 0.29) is 17.0 Å². The maximum absolute atomic E-state index is 14.8. The number of nitrogens with one attached hydrogen (secondary N) is 1. The van der Waals surface area contributed by atoms with Gasteiger partial charge in [0, 0.05) is 25.1 Å². The van der Waals surface area contributed by atoms with Crippen molar-refractivity contribution in [2.75, 3.05) is 23.7 Å². The van der Waals surface area contributed by atoms with Crippen molar-refractivity contribution in [3.8, 4) is 0 Å². The number of sulfonamides is 1. The highest BCUT2D eigenvalue weighted by Crippen LogP contribution is 2.36. The highest BCUT2D eigenvalue weighted by molar-refractivity contribution is 7.92. The number of alkyl halides is 3. The molecule has 0 aliphatic carbocycles. The van der Waals surface area contributed by atoms with Crippen molar-refractivity contribution in [3.63, 3.8) is 0 Å². The molecule has 232 valence electrons. The first kappa shape index (κ1) is 33.9. The molecule has 0 spiro atoms. The van der Waals surface area contributed by atoms with Gasteiger partial charge in [0.05, 0.1) is 22.5 Å². The molecule has 2 amide bonds. The predicted molar refractivity (Wildman–Crippen MR) is 157 cm³/mol. The number of halogens is 5. The van der Waals surface area contributed by atoms with E-state index in [1.165, 1.54) is 18.2 Å². The van der Waals surface area contributed by atoms with Gasteiger partial charge in [-0.1, -0.05) is 73.5 Å². The molecule has 0 saturated carbocycles. The Morgan fingerprint density at radius 1 is 1.00 bits per heavy atom. The number of unbranched alkanes of at least 4 members (excludes halogenated alkanes) is 1. The van der Waals surface area contributed by atoms with Crippen LogP contribution in [0.1, 0.15) is 36.5 Å². The van der Waals surface area contributed by atoms with Gasteiger partial charge in [-0.2, -0.15) is 13.2 Å². The number of anilines is 1. The number of carbonyl (C=O) groups is 2. The molecule has 0 aliphatic heterocycles. The highest BCUT2D eigenvalue weighted by atomic mass is 35.5. The van der Waals surface area contributed by atoms with E-state index in [1.807, 2.05) is 6.92 Å². The van der Waals surface area contributed by atoms with Gasteiger partial charge in [-0.3, -0.25) is 13.9 Å². The van der Waals surface area contributed by atoms with Crippen LogP contribution in [0, 0.1) is 5.82 Å². The number of carbonyl (C=O) groups excluding carboxylic acids is 2. The molecular weight excluding hydrogens is 610 g/mol. The van der Waals surface area contributed by atoms with Crippen molar-refractivity contribution in [2.45, 2.75) is 44.9 Å². The van der Waals surface area contributed by atoms with Crippen LogP contribution in [-0.2, 0) is 38.8 Å². The quantitative estimate of drug-likeness (QED) is 0.188. The molecule has 43 heavy (non-hydrogen) atoms. The Kier molecular flexibility index (Phi) is 11.6. The van der Waals surface area contributed by atoms with E-state index >= 15 is 0 Å². The third-order valence-electron chi connectivity index (χ3n) is 6.62. The van der Waals surface area contributed by atoms with Crippen LogP contribution in [0.3, 0.4) is 0 Å². The van der Waals surface area contributed by atoms with Crippen LogP contribution in [0.4, 0.5) is 23.2 Å². The van der Waals surface area contributed by atoms with Gasteiger partial charge in [0.25, 0.3) is 0 Å². The summed E-state index contributed by atoms with van der Waals surface area (Å²) < 4.78 is 81.5. The smallest absolute Gasteiger partial charge is 0.354 e. The van der Waals surface area contributed by atoms with Gasteiger partial charge < -0.3 is 10.2 Å². The number of nitrogens with zero attached hydrogens (tertiary/aromatic N) is 2. The third-order valence-corrected chi connectivity index (χ3v) is 8.07. The SMILES string of the molecule is CCCCNC(=O)[C@H](Cc1ccccc1)N(Cc1ccccc1F)C(=O)CN(c1cc(C(F)(F)F)ccc1Cl)S(C)(=O)=O. The molecular formula is C30H32ClF4N3O4S. The Hall–Kier alpha value is -3.64. The van der Waals surface area contributed by atoms with E-state index in [9.17, 15) is 35.6 Å². The summed E-state index contributed by atoms with van der Waals surface area (Å²) in [6, 6.07) is 15.2. The molecule has 3 aromatic rings. The Labute approximate surface area is 253 Å². The van der Waals surface area contributed by atoms with Crippen LogP contribution >= 0.6 is 11.6 Å². The first-order valence-corrected chi connectivity index (χ1v) is 15.6. The zero-order valence-electron chi connectivity index (χ0n) is 23.6. The molecule has 0 aliphatic rings. The largest absolute Gasteiger partial charge is 0.416 e. The Morgan fingerprint density at radius 3 is 2.26 bits per heavy atom. The van der Waals surface area contributed by atoms with E-state index in [0.717, 1.165) is 23.6 Å². The lowest BCUT2D eigenvalue weighted by atomic mass is 10.0. The fourth-order valence-electron chi connectivity index (χ4n) is 4.35. The molecule has 0 unspecified atom stereocenters. The number of hydrogen-bond acceptors (Lipinski definition) is 4. The Bertz CT molecular complexity index is 1520. The lowest BCUT2D eigenvalue weighted by Crippen LogP contribution is -2.53. The molecule has 1 atom stereocenters. The van der Waals surface area contributed by atoms with Crippen LogP contribution < -0.4 is 9.62 Å². The minimum absolute atomic E-state index is 0.00216. The first-order chi connectivity index (χ1) is 20.2. The van der Waals surface area contributed by atoms with Crippen LogP contribution in [0.15, 0.2) is 72.8 Å². The predicted octanol–water partition coefficient (Wildman–Crippen LogP) is 5.82. The van der Waals surface area contributed by atoms with Crippen molar-refractivity contribution in [3.05, 3.63) is 100 Å². The van der Waals surface area contributed by atoms with E-state index < -0.39 is 64.2 Å². The van der Waals surface area contributed by atoms with Crippen LogP contribution in [0.25, 0.3) is 0 Å². The second kappa shape index (κ2) is 14.7. The topological polar surface area (TPSA) is 86.8 Å². The standard InChI is InChI=1S/C30H32ClF4N3O4S/c1-3-4-16-36-29(40)27(17-21-10-6-5-7-11-21)37(19-22-12-8-9-13-25(22)32)28(39)20-38(43(2,41)42)26-18-23(30(33,34)35)14-15-24(26)31/h5-15,18,27H,3-4,16-17,19-20H2,1-2H3,(H,36,40)/t27-/m0/s1. The van der Waals surface area contributed by atoms with Crippen LogP contribution in [0.2, 0.25) is 5.02 Å². The van der Waals surface area contributed by atoms with Gasteiger partial charge in [-0.05, 0) is 36.2 Å². The summed E-state index contributed by atoms with van der Waals surface area (Å²) in [5.74, 6) is -2.16. The average Bonchev–Trinajstić information content (AvgIpc) is 2.94. The van der Waals surface area contributed by atoms with Crippen molar-refractivity contribution in [1.82, 2.24) is 10.2 Å². The highest BCUT2D eigenvalue weighted by Gasteiger charge is 2.36. The van der Waals surface area contributed by atoms with Crippen LogP contribution in [0.5, 0.6) is 0 Å². The summed E-state index contributed by atoms with van der Waals surface area (Å²) in [5, 5.41) is 2.44. The van der Waals surface area contributed by atoms with Gasteiger partial charge in [0.15, 0.2) is 0 Å². The summed E-state index contributed by atoms with van der Waals surface area (Å²) >= 11 is 6.14. The average molecular weight is 642 g/mol. The lowest BCUT2D eigenvalue weighted by Gasteiger charge is -2.33. The third kappa shape index (κ3) is 9.42. The molecule has 0 fully saturated rings. The molecule has 13 heteroatoms. The second-order valence-corrected chi connectivity index (χ2v) is 12.2. The summed E-state index contributed by atoms with van der Waals surface area (Å²) in [6.45, 7) is 0.817. The summed E-state index contributed by atoms with van der Waals surface area (Å²) in [4.78, 5) is 28.6. The van der Waals surface area contributed by atoms with Crippen molar-refractivity contribution < 1.29 is 35.6 Å². The van der Waals surface area contributed by atoms with E-state index in [0.29, 0.717) is 35.0 Å². The molecule has 1 N–H and O–H groups in total. The minimum atomic E-state index is -4.82. The van der Waals surface area contributed by atoms with Crippen LogP contribution in [-0.4, -0.2) is 50.5 Å². The molecule has 0 radical (unpaired) electrons. The summed E-state index contributed by atoms with van der Waals surface area (Å²) in [6.07, 6.45) is -2.66. The molecule has 0 heterocycles. The molecule has 7 nitrogen and oxygen atoms in total. The Balaban J connectivity index is 2.11. The number of hydrogen-bond donors (Lipinski definition) is 1. The minimum Gasteiger partial charge on any atom is -0.354 e. The monoisotopic (exact) mass is 641 g/mol. The maximum Gasteiger partial charge on any atom is 0.416 e. The van der Waals surface area contributed by atoms with Crippen molar-refractivity contribution >= 4 is 39.1 Å². The molecule has 0 bridgehead atoms. The van der Waals surface area contributed by atoms with E-state index in [1.54, 1.807) is 36.4 Å². The number of amides is 2. The summed E-state index contributed by atoms with van der Waals surface area (Å²) in [5.41, 5.74) is -1.01. The molecule has 0 aromatic heterocycles. The number of benzene rings is 3. The molecule has 3 aromatic carbocycles. The second-order valence-electron chi connectivity index (χ2n) is 9.90. The van der Waals surface area contributed by atoms with Gasteiger partial charge in [0.1, 0.15) is 18.4 Å². The first-order valence-electron chi connectivity index (χ1n) is 13.4. The van der Waals surface area contributed by atoms with Crippen molar-refractivity contribution in [1.29, 1.82) is 0 Å². The summed E-state index contributed by atoms with van der Waals surface area (Å²) in [7, 11) is -4.38. The lowest BCUT2D eigenvalue weighted by molar-refractivity contribution is -0.140. The molecule has 3 rings (SSSR count). The van der Waals surface area contributed by atoms with Gasteiger partial charge in [-0.15, -0.1) is 0 Å². The maximum atomic E-state index is 14.8. The van der Waals surface area contributed by atoms with Gasteiger partial charge in [0.2, 0.25) is 21.8 Å². The zero-order chi connectivity index (χ0) is 31.8. The fourth-order valence-corrected chi connectivity index (χ4v) is 5.47. The van der Waals surface area contributed by atoms with E-state index in [4.69, 9.17) is 11.6 Å².